The molecule has 4 rings (SSSR count). The van der Waals surface area contributed by atoms with E-state index in [1.807, 2.05) is 41.1 Å². The standard InChI is InChI=1S/C22H24N2O4/c1-25-16-10-8-15(9-11-16)24-21(17-6-5-7-18(17)23-24)14-12-19(26-2)22(28-4)20(13-14)27-3/h8-13H,5-7H2,1-4H3. The summed E-state index contributed by atoms with van der Waals surface area (Å²) in [5.41, 5.74) is 5.47. The number of nitrogens with zero attached hydrogens (tertiary/aromatic N) is 2. The van der Waals surface area contributed by atoms with Crippen molar-refractivity contribution in [1.29, 1.82) is 0 Å². The van der Waals surface area contributed by atoms with Gasteiger partial charge in [0.05, 0.1) is 45.5 Å². The van der Waals surface area contributed by atoms with E-state index in [0.717, 1.165) is 47.7 Å². The fourth-order valence-electron chi connectivity index (χ4n) is 3.82. The summed E-state index contributed by atoms with van der Waals surface area (Å²) in [6.45, 7) is 0. The average molecular weight is 380 g/mol. The molecule has 0 radical (unpaired) electrons. The molecule has 0 bridgehead atoms. The fraction of sp³-hybridized carbons (Fsp3) is 0.318. The van der Waals surface area contributed by atoms with Crippen molar-refractivity contribution in [2.75, 3.05) is 28.4 Å². The van der Waals surface area contributed by atoms with E-state index in [4.69, 9.17) is 24.0 Å². The summed E-state index contributed by atoms with van der Waals surface area (Å²) in [6, 6.07) is 11.9. The summed E-state index contributed by atoms with van der Waals surface area (Å²) in [4.78, 5) is 0. The predicted molar refractivity (Wildman–Crippen MR) is 107 cm³/mol. The molecule has 0 atom stereocenters. The Morgan fingerprint density at radius 2 is 1.50 bits per heavy atom. The molecule has 0 amide bonds. The molecule has 28 heavy (non-hydrogen) atoms. The molecule has 2 aromatic carbocycles. The Kier molecular flexibility index (Phi) is 4.86. The Morgan fingerprint density at radius 3 is 2.07 bits per heavy atom. The van der Waals surface area contributed by atoms with E-state index in [1.54, 1.807) is 28.4 Å². The number of hydrogen-bond acceptors (Lipinski definition) is 5. The van der Waals surface area contributed by atoms with Crippen LogP contribution in [0.15, 0.2) is 36.4 Å². The highest BCUT2D eigenvalue weighted by atomic mass is 16.5. The van der Waals surface area contributed by atoms with E-state index in [9.17, 15) is 0 Å². The minimum absolute atomic E-state index is 0.584. The van der Waals surface area contributed by atoms with Gasteiger partial charge in [-0.3, -0.25) is 0 Å². The Morgan fingerprint density at radius 1 is 0.821 bits per heavy atom. The maximum absolute atomic E-state index is 5.56. The van der Waals surface area contributed by atoms with E-state index >= 15 is 0 Å². The third-order valence-corrected chi connectivity index (χ3v) is 5.16. The minimum Gasteiger partial charge on any atom is -0.497 e. The second-order valence-electron chi connectivity index (χ2n) is 6.65. The normalized spacial score (nSPS) is 12.6. The lowest BCUT2D eigenvalue weighted by Crippen LogP contribution is -2.02. The number of aryl methyl sites for hydroxylation is 1. The zero-order chi connectivity index (χ0) is 19.7. The van der Waals surface area contributed by atoms with Crippen molar-refractivity contribution in [3.8, 4) is 39.9 Å². The molecule has 0 spiro atoms. The van der Waals surface area contributed by atoms with Gasteiger partial charge in [-0.05, 0) is 55.7 Å². The molecular weight excluding hydrogens is 356 g/mol. The van der Waals surface area contributed by atoms with Crippen molar-refractivity contribution in [3.05, 3.63) is 47.7 Å². The summed E-state index contributed by atoms with van der Waals surface area (Å²) in [5.74, 6) is 2.66. The zero-order valence-corrected chi connectivity index (χ0v) is 16.6. The van der Waals surface area contributed by atoms with Gasteiger partial charge in [-0.2, -0.15) is 5.10 Å². The smallest absolute Gasteiger partial charge is 0.203 e. The minimum atomic E-state index is 0.584. The average Bonchev–Trinajstić information content (AvgIpc) is 3.34. The molecule has 6 heteroatoms. The Hall–Kier alpha value is -3.15. The molecule has 0 fully saturated rings. The van der Waals surface area contributed by atoms with Crippen molar-refractivity contribution in [2.24, 2.45) is 0 Å². The highest BCUT2D eigenvalue weighted by Crippen LogP contribution is 2.43. The molecule has 0 aliphatic heterocycles. The number of benzene rings is 2. The number of rotatable bonds is 6. The second-order valence-corrected chi connectivity index (χ2v) is 6.65. The number of ether oxygens (including phenoxy) is 4. The SMILES string of the molecule is COc1ccc(-n2nc3c(c2-c2cc(OC)c(OC)c(OC)c2)CCC3)cc1. The summed E-state index contributed by atoms with van der Waals surface area (Å²) < 4.78 is 23.9. The highest BCUT2D eigenvalue weighted by molar-refractivity contribution is 5.73. The fourth-order valence-corrected chi connectivity index (χ4v) is 3.82. The first-order valence-electron chi connectivity index (χ1n) is 9.25. The maximum Gasteiger partial charge on any atom is 0.203 e. The third-order valence-electron chi connectivity index (χ3n) is 5.16. The number of methoxy groups -OCH3 is 4. The van der Waals surface area contributed by atoms with Crippen LogP contribution in [0, 0.1) is 0 Å². The first kappa shape index (κ1) is 18.2. The lowest BCUT2D eigenvalue weighted by atomic mass is 10.0. The summed E-state index contributed by atoms with van der Waals surface area (Å²) in [5, 5.41) is 4.91. The molecule has 3 aromatic rings. The molecule has 6 nitrogen and oxygen atoms in total. The van der Waals surface area contributed by atoms with Gasteiger partial charge in [-0.25, -0.2) is 4.68 Å². The van der Waals surface area contributed by atoms with Crippen LogP contribution in [0.25, 0.3) is 16.9 Å². The first-order chi connectivity index (χ1) is 13.7. The van der Waals surface area contributed by atoms with Crippen LogP contribution < -0.4 is 18.9 Å². The van der Waals surface area contributed by atoms with E-state index in [2.05, 4.69) is 0 Å². The lowest BCUT2D eigenvalue weighted by Gasteiger charge is -2.16. The van der Waals surface area contributed by atoms with Crippen molar-refractivity contribution in [2.45, 2.75) is 19.3 Å². The summed E-state index contributed by atoms with van der Waals surface area (Å²) in [7, 11) is 6.54. The van der Waals surface area contributed by atoms with Crippen molar-refractivity contribution < 1.29 is 18.9 Å². The van der Waals surface area contributed by atoms with Crippen LogP contribution in [0.1, 0.15) is 17.7 Å². The van der Waals surface area contributed by atoms with Crippen LogP contribution in [-0.2, 0) is 12.8 Å². The van der Waals surface area contributed by atoms with Gasteiger partial charge in [0.1, 0.15) is 5.75 Å². The molecule has 1 aliphatic carbocycles. The van der Waals surface area contributed by atoms with Gasteiger partial charge in [0.2, 0.25) is 5.75 Å². The van der Waals surface area contributed by atoms with Gasteiger partial charge < -0.3 is 18.9 Å². The van der Waals surface area contributed by atoms with Gasteiger partial charge in [-0.1, -0.05) is 0 Å². The van der Waals surface area contributed by atoms with Gasteiger partial charge in [0, 0.05) is 11.1 Å². The van der Waals surface area contributed by atoms with Gasteiger partial charge >= 0.3 is 0 Å². The van der Waals surface area contributed by atoms with E-state index in [1.165, 1.54) is 5.56 Å². The van der Waals surface area contributed by atoms with Crippen LogP contribution in [0.2, 0.25) is 0 Å². The van der Waals surface area contributed by atoms with Crippen LogP contribution >= 0.6 is 0 Å². The Balaban J connectivity index is 1.92. The van der Waals surface area contributed by atoms with Crippen LogP contribution in [0.4, 0.5) is 0 Å². The first-order valence-corrected chi connectivity index (χ1v) is 9.25. The molecule has 1 aliphatic rings. The Labute approximate surface area is 164 Å². The van der Waals surface area contributed by atoms with E-state index in [-0.39, 0.29) is 0 Å². The monoisotopic (exact) mass is 380 g/mol. The molecule has 1 aromatic heterocycles. The molecule has 0 saturated carbocycles. The van der Waals surface area contributed by atoms with Crippen molar-refractivity contribution in [3.63, 3.8) is 0 Å². The van der Waals surface area contributed by atoms with Crippen molar-refractivity contribution >= 4 is 0 Å². The molecular formula is C22H24N2O4. The number of aromatic nitrogens is 2. The molecule has 146 valence electrons. The second kappa shape index (κ2) is 7.46. The van der Waals surface area contributed by atoms with Crippen LogP contribution in [-0.4, -0.2) is 38.2 Å². The van der Waals surface area contributed by atoms with E-state index in [0.29, 0.717) is 17.2 Å². The van der Waals surface area contributed by atoms with Crippen LogP contribution in [0.3, 0.4) is 0 Å². The maximum atomic E-state index is 5.56. The summed E-state index contributed by atoms with van der Waals surface area (Å²) in [6.07, 6.45) is 3.13. The largest absolute Gasteiger partial charge is 0.497 e. The predicted octanol–water partition coefficient (Wildman–Crippen LogP) is 4.06. The third kappa shape index (κ3) is 2.95. The number of fused-ring (bicyclic) bond motifs is 1. The molecule has 0 unspecified atom stereocenters. The number of hydrogen-bond donors (Lipinski definition) is 0. The van der Waals surface area contributed by atoms with Crippen molar-refractivity contribution in [1.82, 2.24) is 9.78 Å². The van der Waals surface area contributed by atoms with Gasteiger partial charge in [-0.15, -0.1) is 0 Å². The molecule has 1 heterocycles. The van der Waals surface area contributed by atoms with Gasteiger partial charge in [0.15, 0.2) is 11.5 Å². The quantitative estimate of drug-likeness (QED) is 0.645. The van der Waals surface area contributed by atoms with Gasteiger partial charge in [0.25, 0.3) is 0 Å². The lowest BCUT2D eigenvalue weighted by molar-refractivity contribution is 0.324. The molecule has 0 N–H and O–H groups in total. The molecule has 0 saturated heterocycles. The Bertz CT molecular complexity index is 968. The highest BCUT2D eigenvalue weighted by Gasteiger charge is 2.26. The summed E-state index contributed by atoms with van der Waals surface area (Å²) >= 11 is 0. The zero-order valence-electron chi connectivity index (χ0n) is 16.6. The van der Waals surface area contributed by atoms with Crippen LogP contribution in [0.5, 0.6) is 23.0 Å². The topological polar surface area (TPSA) is 54.7 Å². The van der Waals surface area contributed by atoms with E-state index < -0.39 is 0 Å².